The highest BCUT2D eigenvalue weighted by Crippen LogP contribution is 2.38. The minimum Gasteiger partial charge on any atom is -0.478 e. The van der Waals surface area contributed by atoms with Gasteiger partial charge in [0.2, 0.25) is 0 Å². The van der Waals surface area contributed by atoms with E-state index in [1.807, 2.05) is 12.1 Å². The predicted octanol–water partition coefficient (Wildman–Crippen LogP) is 1.73. The molecule has 3 atom stereocenters. The van der Waals surface area contributed by atoms with Crippen molar-refractivity contribution < 1.29 is 14.6 Å². The summed E-state index contributed by atoms with van der Waals surface area (Å²) in [4.78, 5) is 13.2. The van der Waals surface area contributed by atoms with Crippen LogP contribution in [0.5, 0.6) is 0 Å². The van der Waals surface area contributed by atoms with E-state index in [1.165, 1.54) is 6.42 Å². The molecule has 4 rings (SSSR count). The van der Waals surface area contributed by atoms with E-state index in [2.05, 4.69) is 17.1 Å². The van der Waals surface area contributed by atoms with Crippen molar-refractivity contribution in [2.75, 3.05) is 19.7 Å². The Morgan fingerprint density at radius 2 is 2.09 bits per heavy atom. The van der Waals surface area contributed by atoms with Crippen LogP contribution in [-0.2, 0) is 11.3 Å². The molecule has 124 valence electrons. The van der Waals surface area contributed by atoms with Gasteiger partial charge < -0.3 is 15.2 Å². The van der Waals surface area contributed by atoms with Gasteiger partial charge in [0.05, 0.1) is 17.8 Å². The lowest BCUT2D eigenvalue weighted by Gasteiger charge is -2.47. The Kier molecular flexibility index (Phi) is 3.67. The van der Waals surface area contributed by atoms with Crippen LogP contribution in [0.1, 0.15) is 35.7 Å². The quantitative estimate of drug-likeness (QED) is 0.866. The molecule has 1 aliphatic carbocycles. The normalized spacial score (nSPS) is 32.0. The number of nitrogens with one attached hydrogen (secondary N) is 1. The predicted molar refractivity (Wildman–Crippen MR) is 86.5 cm³/mol. The molecule has 2 aliphatic heterocycles. The van der Waals surface area contributed by atoms with E-state index in [1.54, 1.807) is 12.1 Å². The minimum atomic E-state index is -0.873. The van der Waals surface area contributed by atoms with Crippen LogP contribution < -0.4 is 5.32 Å². The summed E-state index contributed by atoms with van der Waals surface area (Å²) in [7, 11) is 0. The molecular weight excluding hydrogens is 292 g/mol. The van der Waals surface area contributed by atoms with Crippen molar-refractivity contribution in [3.63, 3.8) is 0 Å². The molecule has 2 heterocycles. The zero-order valence-electron chi connectivity index (χ0n) is 13.5. The van der Waals surface area contributed by atoms with Crippen LogP contribution in [0.2, 0.25) is 0 Å². The molecule has 5 nitrogen and oxygen atoms in total. The van der Waals surface area contributed by atoms with Crippen LogP contribution >= 0.6 is 0 Å². The number of likely N-dealkylation sites (tertiary alicyclic amines) is 1. The zero-order chi connectivity index (χ0) is 16.0. The van der Waals surface area contributed by atoms with E-state index in [0.29, 0.717) is 17.6 Å². The minimum absolute atomic E-state index is 0.0524. The fourth-order valence-corrected chi connectivity index (χ4v) is 3.92. The van der Waals surface area contributed by atoms with Crippen molar-refractivity contribution >= 4 is 5.97 Å². The van der Waals surface area contributed by atoms with Gasteiger partial charge in [-0.2, -0.15) is 0 Å². The second-order valence-electron chi connectivity index (χ2n) is 7.53. The van der Waals surface area contributed by atoms with Gasteiger partial charge in [0.25, 0.3) is 0 Å². The number of aromatic carboxylic acids is 1. The topological polar surface area (TPSA) is 61.8 Å². The third-order valence-corrected chi connectivity index (χ3v) is 5.40. The molecule has 23 heavy (non-hydrogen) atoms. The SMILES string of the molecule is C[C@@H]1C[C@H]1NC1COC2(C1)CN(Cc1ccc(C(=O)O)cc1)C2. The smallest absolute Gasteiger partial charge is 0.335 e. The van der Waals surface area contributed by atoms with E-state index in [4.69, 9.17) is 9.84 Å². The van der Waals surface area contributed by atoms with Gasteiger partial charge in [0, 0.05) is 31.7 Å². The summed E-state index contributed by atoms with van der Waals surface area (Å²) in [6.45, 7) is 5.95. The first-order valence-corrected chi connectivity index (χ1v) is 8.48. The summed E-state index contributed by atoms with van der Waals surface area (Å²) in [5, 5.41) is 12.6. The highest BCUT2D eigenvalue weighted by molar-refractivity contribution is 5.87. The number of nitrogens with zero attached hydrogens (tertiary/aromatic N) is 1. The van der Waals surface area contributed by atoms with Gasteiger partial charge >= 0.3 is 5.97 Å². The Balaban J connectivity index is 1.26. The molecule has 1 aromatic carbocycles. The Bertz CT molecular complexity index is 595. The standard InChI is InChI=1S/C18H24N2O3/c1-12-6-16(12)19-15-7-18(23-9-15)10-20(11-18)8-13-2-4-14(5-3-13)17(21)22/h2-5,12,15-16,19H,6-11H2,1H3,(H,21,22)/t12-,15?,16-/m1/s1. The van der Waals surface area contributed by atoms with E-state index in [0.717, 1.165) is 44.1 Å². The number of rotatable bonds is 5. The lowest BCUT2D eigenvalue weighted by molar-refractivity contribution is -0.114. The average Bonchev–Trinajstić information content (AvgIpc) is 3.01. The maximum absolute atomic E-state index is 10.9. The molecule has 3 fully saturated rings. The van der Waals surface area contributed by atoms with Gasteiger partial charge in [-0.3, -0.25) is 4.90 Å². The molecule has 0 aromatic heterocycles. The summed E-state index contributed by atoms with van der Waals surface area (Å²) < 4.78 is 6.09. The average molecular weight is 316 g/mol. The number of hydrogen-bond donors (Lipinski definition) is 2. The highest BCUT2D eigenvalue weighted by atomic mass is 16.5. The first-order chi connectivity index (χ1) is 11.0. The monoisotopic (exact) mass is 316 g/mol. The molecular formula is C18H24N2O3. The number of hydrogen-bond acceptors (Lipinski definition) is 4. The number of benzene rings is 1. The van der Waals surface area contributed by atoms with Crippen molar-refractivity contribution in [2.24, 2.45) is 5.92 Å². The third-order valence-electron chi connectivity index (χ3n) is 5.40. The van der Waals surface area contributed by atoms with Gasteiger partial charge in [-0.25, -0.2) is 4.79 Å². The molecule has 0 amide bonds. The van der Waals surface area contributed by atoms with E-state index < -0.39 is 5.97 Å². The second kappa shape index (κ2) is 5.58. The van der Waals surface area contributed by atoms with E-state index in [9.17, 15) is 4.79 Å². The molecule has 1 saturated carbocycles. The highest BCUT2D eigenvalue weighted by Gasteiger charge is 2.50. The molecule has 5 heteroatoms. The Morgan fingerprint density at radius 3 is 2.70 bits per heavy atom. The lowest BCUT2D eigenvalue weighted by atomic mass is 9.89. The van der Waals surface area contributed by atoms with Gasteiger partial charge in [0.15, 0.2) is 0 Å². The number of carboxylic acid groups (broad SMARTS) is 1. The summed E-state index contributed by atoms with van der Waals surface area (Å²) in [5.74, 6) is -0.0412. The summed E-state index contributed by atoms with van der Waals surface area (Å²) in [6.07, 6.45) is 2.42. The second-order valence-corrected chi connectivity index (χ2v) is 7.53. The first-order valence-electron chi connectivity index (χ1n) is 8.48. The molecule has 0 bridgehead atoms. The zero-order valence-corrected chi connectivity index (χ0v) is 13.5. The number of ether oxygens (including phenoxy) is 1. The van der Waals surface area contributed by atoms with Crippen molar-refractivity contribution in [2.45, 2.75) is 44.0 Å². The van der Waals surface area contributed by atoms with Crippen LogP contribution in [0.3, 0.4) is 0 Å². The molecule has 2 N–H and O–H groups in total. The van der Waals surface area contributed by atoms with Crippen molar-refractivity contribution in [3.8, 4) is 0 Å². The Hall–Kier alpha value is -1.43. The van der Waals surface area contributed by atoms with Crippen LogP contribution in [0.15, 0.2) is 24.3 Å². The first kappa shape index (κ1) is 15.1. The molecule has 1 spiro atoms. The molecule has 1 aromatic rings. The maximum atomic E-state index is 10.9. The number of carboxylic acids is 1. The van der Waals surface area contributed by atoms with Gasteiger partial charge in [-0.15, -0.1) is 0 Å². The van der Waals surface area contributed by atoms with Gasteiger partial charge in [-0.05, 0) is 36.5 Å². The Labute approximate surface area is 136 Å². The van der Waals surface area contributed by atoms with Crippen molar-refractivity contribution in [1.29, 1.82) is 0 Å². The van der Waals surface area contributed by atoms with E-state index in [-0.39, 0.29) is 5.60 Å². The van der Waals surface area contributed by atoms with Crippen LogP contribution in [-0.4, -0.2) is 53.4 Å². The van der Waals surface area contributed by atoms with Crippen molar-refractivity contribution in [3.05, 3.63) is 35.4 Å². The maximum Gasteiger partial charge on any atom is 0.335 e. The summed E-state index contributed by atoms with van der Waals surface area (Å²) >= 11 is 0. The molecule has 1 unspecified atom stereocenters. The molecule has 0 radical (unpaired) electrons. The third kappa shape index (κ3) is 3.13. The van der Waals surface area contributed by atoms with Crippen molar-refractivity contribution in [1.82, 2.24) is 10.2 Å². The van der Waals surface area contributed by atoms with Gasteiger partial charge in [-0.1, -0.05) is 19.1 Å². The summed E-state index contributed by atoms with van der Waals surface area (Å²) in [5.41, 5.74) is 1.55. The van der Waals surface area contributed by atoms with Crippen LogP contribution in [0.25, 0.3) is 0 Å². The summed E-state index contributed by atoms with van der Waals surface area (Å²) in [6, 6.07) is 8.39. The van der Waals surface area contributed by atoms with E-state index >= 15 is 0 Å². The Morgan fingerprint density at radius 1 is 1.39 bits per heavy atom. The lowest BCUT2D eigenvalue weighted by Crippen LogP contribution is -2.61. The fourth-order valence-electron chi connectivity index (χ4n) is 3.92. The fraction of sp³-hybridized carbons (Fsp3) is 0.611. The van der Waals surface area contributed by atoms with Crippen LogP contribution in [0.4, 0.5) is 0 Å². The van der Waals surface area contributed by atoms with Gasteiger partial charge in [0.1, 0.15) is 0 Å². The largest absolute Gasteiger partial charge is 0.478 e. The molecule has 3 aliphatic rings. The molecule has 2 saturated heterocycles. The van der Waals surface area contributed by atoms with Crippen LogP contribution in [0, 0.1) is 5.92 Å². The number of carbonyl (C=O) groups is 1.